The predicted molar refractivity (Wildman–Crippen MR) is 88.7 cm³/mol. The van der Waals surface area contributed by atoms with Crippen molar-refractivity contribution in [3.05, 3.63) is 73.3 Å². The van der Waals surface area contributed by atoms with Gasteiger partial charge in [-0.1, -0.05) is 49.0 Å². The van der Waals surface area contributed by atoms with Gasteiger partial charge < -0.3 is 10.6 Å². The Morgan fingerprint density at radius 1 is 1.16 bits per heavy atom. The summed E-state index contributed by atoms with van der Waals surface area (Å²) in [6.07, 6.45) is 3.28. The van der Waals surface area contributed by atoms with Gasteiger partial charge in [0.05, 0.1) is 0 Å². The van der Waals surface area contributed by atoms with Gasteiger partial charge in [-0.2, -0.15) is 0 Å². The van der Waals surface area contributed by atoms with E-state index in [0.717, 1.165) is 24.7 Å². The second-order valence-corrected chi connectivity index (χ2v) is 3.82. The highest BCUT2D eigenvalue weighted by molar-refractivity contribution is 6.30. The van der Waals surface area contributed by atoms with Crippen molar-refractivity contribution in [3.8, 4) is 0 Å². The van der Waals surface area contributed by atoms with E-state index >= 15 is 0 Å². The molecule has 0 spiro atoms. The van der Waals surface area contributed by atoms with Gasteiger partial charge in [0.15, 0.2) is 0 Å². The first-order valence-corrected chi connectivity index (χ1v) is 6.45. The fourth-order valence-corrected chi connectivity index (χ4v) is 1.31. The molecule has 0 aliphatic carbocycles. The molecule has 1 aromatic rings. The lowest BCUT2D eigenvalue weighted by molar-refractivity contribution is 0.651. The molecule has 2 nitrogen and oxygen atoms in total. The van der Waals surface area contributed by atoms with Crippen LogP contribution in [0, 0.1) is 0 Å². The summed E-state index contributed by atoms with van der Waals surface area (Å²) in [7, 11) is 1.95. The van der Waals surface area contributed by atoms with Crippen LogP contribution in [0.1, 0.15) is 5.56 Å². The highest BCUT2D eigenvalue weighted by atomic mass is 35.5. The molecule has 1 rings (SSSR count). The summed E-state index contributed by atoms with van der Waals surface area (Å²) in [6, 6.07) is 7.91. The maximum atomic E-state index is 5.84. The Balaban J connectivity index is 0. The molecule has 2 N–H and O–H groups in total. The van der Waals surface area contributed by atoms with Gasteiger partial charge in [-0.25, -0.2) is 0 Å². The Morgan fingerprint density at radius 2 is 1.79 bits per heavy atom. The molecule has 1 aromatic carbocycles. The molecule has 0 heterocycles. The van der Waals surface area contributed by atoms with Crippen LogP contribution in [0.15, 0.2) is 62.7 Å². The van der Waals surface area contributed by atoms with Gasteiger partial charge in [-0.15, -0.1) is 13.2 Å². The van der Waals surface area contributed by atoms with Crippen LogP contribution >= 0.6 is 11.6 Å². The molecule has 0 saturated carbocycles. The van der Waals surface area contributed by atoms with Crippen molar-refractivity contribution in [2.45, 2.75) is 6.54 Å². The maximum absolute atomic E-state index is 5.84. The van der Waals surface area contributed by atoms with Crippen LogP contribution in [0.25, 0.3) is 0 Å². The summed E-state index contributed by atoms with van der Waals surface area (Å²) in [6.45, 7) is 15.6. The number of likely N-dealkylation sites (N-methyl/N-ethyl adjacent to an activating group) is 1. The standard InChI is InChI=1S/C10H15ClN2.C4H6.C2H4/c1-12-5-6-13-8-9-3-2-4-10(11)7-9;1-3-4-2;1-2/h2-4,7,12-13H,5-6,8H2,1H3;3-4H,1-2H2;1-2H2. The second-order valence-electron chi connectivity index (χ2n) is 3.38. The zero-order valence-corrected chi connectivity index (χ0v) is 12.5. The Morgan fingerprint density at radius 3 is 2.26 bits per heavy atom. The summed E-state index contributed by atoms with van der Waals surface area (Å²) in [4.78, 5) is 0. The molecule has 0 unspecified atom stereocenters. The van der Waals surface area contributed by atoms with E-state index in [9.17, 15) is 0 Å². The number of hydrogen-bond donors (Lipinski definition) is 2. The summed E-state index contributed by atoms with van der Waals surface area (Å²) >= 11 is 5.84. The number of benzene rings is 1. The van der Waals surface area contributed by atoms with Crippen LogP contribution in [0.2, 0.25) is 5.02 Å². The van der Waals surface area contributed by atoms with Gasteiger partial charge >= 0.3 is 0 Å². The molecule has 0 fully saturated rings. The van der Waals surface area contributed by atoms with Crippen LogP contribution < -0.4 is 10.6 Å². The number of rotatable bonds is 6. The molecule has 0 aliphatic rings. The minimum Gasteiger partial charge on any atom is -0.318 e. The van der Waals surface area contributed by atoms with Crippen molar-refractivity contribution < 1.29 is 0 Å². The average molecular weight is 281 g/mol. The van der Waals surface area contributed by atoms with Crippen molar-refractivity contribution in [1.82, 2.24) is 10.6 Å². The molecule has 0 amide bonds. The van der Waals surface area contributed by atoms with Crippen molar-refractivity contribution in [1.29, 1.82) is 0 Å². The van der Waals surface area contributed by atoms with Crippen LogP contribution in [0.5, 0.6) is 0 Å². The van der Waals surface area contributed by atoms with E-state index in [1.165, 1.54) is 5.56 Å². The number of hydrogen-bond acceptors (Lipinski definition) is 2. The Kier molecular flexibility index (Phi) is 17.5. The minimum atomic E-state index is 0.799. The number of nitrogens with one attached hydrogen (secondary N) is 2. The molecule has 0 aliphatic heterocycles. The third kappa shape index (κ3) is 14.6. The molecular formula is C16H25ClN2. The van der Waals surface area contributed by atoms with Crippen molar-refractivity contribution in [3.63, 3.8) is 0 Å². The Labute approximate surface area is 122 Å². The Hall–Kier alpha value is -1.35. The summed E-state index contributed by atoms with van der Waals surface area (Å²) in [5.74, 6) is 0. The number of allylic oxidation sites excluding steroid dienone is 2. The van der Waals surface area contributed by atoms with Crippen molar-refractivity contribution >= 4 is 11.6 Å². The highest BCUT2D eigenvalue weighted by Crippen LogP contribution is 2.09. The van der Waals surface area contributed by atoms with E-state index in [1.807, 2.05) is 25.2 Å². The van der Waals surface area contributed by atoms with Crippen LogP contribution in [-0.4, -0.2) is 20.1 Å². The first-order chi connectivity index (χ1) is 9.24. The fraction of sp³-hybridized carbons (Fsp3) is 0.250. The second kappa shape index (κ2) is 16.6. The summed E-state index contributed by atoms with van der Waals surface area (Å²) < 4.78 is 0. The van der Waals surface area contributed by atoms with Gasteiger partial charge in [0, 0.05) is 24.7 Å². The van der Waals surface area contributed by atoms with Gasteiger partial charge in [0.2, 0.25) is 0 Å². The number of halogens is 1. The normalized spacial score (nSPS) is 8.32. The fourth-order valence-electron chi connectivity index (χ4n) is 1.09. The monoisotopic (exact) mass is 280 g/mol. The van der Waals surface area contributed by atoms with E-state index < -0.39 is 0 Å². The molecule has 0 saturated heterocycles. The van der Waals surface area contributed by atoms with E-state index in [1.54, 1.807) is 12.2 Å². The lowest BCUT2D eigenvalue weighted by Crippen LogP contribution is -2.24. The molecule has 19 heavy (non-hydrogen) atoms. The quantitative estimate of drug-likeness (QED) is 0.470. The molecule has 3 heteroatoms. The third-order valence-corrected chi connectivity index (χ3v) is 2.17. The summed E-state index contributed by atoms with van der Waals surface area (Å²) in [5, 5.41) is 7.18. The lowest BCUT2D eigenvalue weighted by atomic mass is 10.2. The lowest BCUT2D eigenvalue weighted by Gasteiger charge is -2.04. The molecule has 0 radical (unpaired) electrons. The smallest absolute Gasteiger partial charge is 0.0409 e. The first kappa shape index (κ1) is 20.0. The Bertz CT molecular complexity index is 331. The van der Waals surface area contributed by atoms with E-state index in [0.29, 0.717) is 0 Å². The first-order valence-electron chi connectivity index (χ1n) is 6.07. The topological polar surface area (TPSA) is 24.1 Å². The van der Waals surface area contributed by atoms with Crippen LogP contribution in [0.4, 0.5) is 0 Å². The molecular weight excluding hydrogens is 256 g/mol. The zero-order chi connectivity index (χ0) is 14.9. The van der Waals surface area contributed by atoms with Gasteiger partial charge in [-0.05, 0) is 24.7 Å². The SMILES string of the molecule is C=C.C=CC=C.CNCCNCc1cccc(Cl)c1. The largest absolute Gasteiger partial charge is 0.318 e. The van der Waals surface area contributed by atoms with Crippen LogP contribution in [0.3, 0.4) is 0 Å². The molecule has 0 bridgehead atoms. The minimum absolute atomic E-state index is 0.799. The predicted octanol–water partition coefficient (Wildman–Crippen LogP) is 3.81. The highest BCUT2D eigenvalue weighted by Gasteiger charge is 1.92. The van der Waals surface area contributed by atoms with Crippen molar-refractivity contribution in [2.24, 2.45) is 0 Å². The maximum Gasteiger partial charge on any atom is 0.0409 e. The summed E-state index contributed by atoms with van der Waals surface area (Å²) in [5.41, 5.74) is 1.23. The van der Waals surface area contributed by atoms with Crippen LogP contribution in [-0.2, 0) is 6.54 Å². The van der Waals surface area contributed by atoms with E-state index in [-0.39, 0.29) is 0 Å². The third-order valence-electron chi connectivity index (χ3n) is 1.94. The molecule has 0 atom stereocenters. The molecule has 106 valence electrons. The molecule has 0 aromatic heterocycles. The zero-order valence-electron chi connectivity index (χ0n) is 11.8. The van der Waals surface area contributed by atoms with E-state index in [4.69, 9.17) is 11.6 Å². The van der Waals surface area contributed by atoms with Gasteiger partial charge in [-0.3, -0.25) is 0 Å². The van der Waals surface area contributed by atoms with Gasteiger partial charge in [0.25, 0.3) is 0 Å². The van der Waals surface area contributed by atoms with Gasteiger partial charge in [0.1, 0.15) is 0 Å². The average Bonchev–Trinajstić information content (AvgIpc) is 2.46. The van der Waals surface area contributed by atoms with E-state index in [2.05, 4.69) is 43.0 Å². The van der Waals surface area contributed by atoms with Crippen molar-refractivity contribution in [2.75, 3.05) is 20.1 Å².